The largest absolute Gasteiger partial charge is 0.480 e. The van der Waals surface area contributed by atoms with Crippen molar-refractivity contribution < 1.29 is 14.7 Å². The summed E-state index contributed by atoms with van der Waals surface area (Å²) in [5, 5.41) is 9.46. The van der Waals surface area contributed by atoms with Gasteiger partial charge in [0.2, 0.25) is 5.91 Å². The molecular formula is C15H24N2O3. The zero-order valence-corrected chi connectivity index (χ0v) is 12.0. The lowest BCUT2D eigenvalue weighted by Gasteiger charge is -2.25. The fourth-order valence-electron chi connectivity index (χ4n) is 4.28. The van der Waals surface area contributed by atoms with Crippen LogP contribution in [0.25, 0.3) is 0 Å². The van der Waals surface area contributed by atoms with Gasteiger partial charge in [-0.05, 0) is 50.6 Å². The summed E-state index contributed by atoms with van der Waals surface area (Å²) in [6.07, 6.45) is 6.10. The molecule has 0 radical (unpaired) electrons. The van der Waals surface area contributed by atoms with Crippen LogP contribution in [0.3, 0.4) is 0 Å². The van der Waals surface area contributed by atoms with Crippen LogP contribution in [0.5, 0.6) is 0 Å². The number of carboxylic acid groups (broad SMARTS) is 1. The summed E-state index contributed by atoms with van der Waals surface area (Å²) in [7, 11) is 0. The fourth-order valence-corrected chi connectivity index (χ4v) is 4.28. The standard InChI is InChI=1S/C15H24N2O3/c18-13(6-9-16-7-1-2-8-16)17-10-11-4-3-5-12(11)14(17)15(19)20/h11-12,14H,1-10H2,(H,19,20). The van der Waals surface area contributed by atoms with Crippen LogP contribution in [-0.4, -0.2) is 59.0 Å². The van der Waals surface area contributed by atoms with E-state index >= 15 is 0 Å². The molecule has 0 spiro atoms. The maximum absolute atomic E-state index is 12.4. The van der Waals surface area contributed by atoms with Gasteiger partial charge in [0.15, 0.2) is 0 Å². The third-order valence-corrected chi connectivity index (χ3v) is 5.30. The van der Waals surface area contributed by atoms with Crippen molar-refractivity contribution in [3.63, 3.8) is 0 Å². The number of hydrogen-bond acceptors (Lipinski definition) is 3. The van der Waals surface area contributed by atoms with Crippen molar-refractivity contribution in [3.05, 3.63) is 0 Å². The molecule has 0 aromatic rings. The first-order valence-electron chi connectivity index (χ1n) is 7.91. The topological polar surface area (TPSA) is 60.9 Å². The van der Waals surface area contributed by atoms with Crippen molar-refractivity contribution in [2.75, 3.05) is 26.2 Å². The van der Waals surface area contributed by atoms with E-state index in [4.69, 9.17) is 0 Å². The first kappa shape index (κ1) is 13.9. The predicted octanol–water partition coefficient (Wildman–Crippen LogP) is 1.18. The maximum atomic E-state index is 12.4. The average Bonchev–Trinajstić information content (AvgIpc) is 3.10. The van der Waals surface area contributed by atoms with Crippen LogP contribution in [-0.2, 0) is 9.59 Å². The van der Waals surface area contributed by atoms with Crippen LogP contribution in [0.1, 0.15) is 38.5 Å². The molecule has 3 rings (SSSR count). The molecule has 3 fully saturated rings. The van der Waals surface area contributed by atoms with Gasteiger partial charge in [0.1, 0.15) is 6.04 Å². The van der Waals surface area contributed by atoms with Crippen LogP contribution in [0.2, 0.25) is 0 Å². The third kappa shape index (κ3) is 2.55. The molecule has 1 saturated carbocycles. The van der Waals surface area contributed by atoms with Gasteiger partial charge < -0.3 is 14.9 Å². The smallest absolute Gasteiger partial charge is 0.326 e. The molecule has 5 heteroatoms. The van der Waals surface area contributed by atoms with E-state index in [0.717, 1.165) is 38.9 Å². The molecule has 1 amide bonds. The van der Waals surface area contributed by atoms with E-state index in [1.54, 1.807) is 4.90 Å². The highest BCUT2D eigenvalue weighted by Gasteiger charge is 2.49. The van der Waals surface area contributed by atoms with Gasteiger partial charge in [0.25, 0.3) is 0 Å². The Morgan fingerprint density at radius 2 is 1.85 bits per heavy atom. The molecule has 2 saturated heterocycles. The molecular weight excluding hydrogens is 256 g/mol. The van der Waals surface area contributed by atoms with Gasteiger partial charge in [0.05, 0.1) is 0 Å². The van der Waals surface area contributed by atoms with Gasteiger partial charge in [-0.3, -0.25) is 4.79 Å². The van der Waals surface area contributed by atoms with Gasteiger partial charge in [0, 0.05) is 19.5 Å². The SMILES string of the molecule is O=C(O)C1C2CCCC2CN1C(=O)CCN1CCCC1. The van der Waals surface area contributed by atoms with E-state index < -0.39 is 12.0 Å². The Kier molecular flexibility index (Phi) is 3.96. The molecule has 5 nitrogen and oxygen atoms in total. The van der Waals surface area contributed by atoms with E-state index in [9.17, 15) is 14.7 Å². The molecule has 3 unspecified atom stereocenters. The van der Waals surface area contributed by atoms with Crippen molar-refractivity contribution >= 4 is 11.9 Å². The number of hydrogen-bond donors (Lipinski definition) is 1. The highest BCUT2D eigenvalue weighted by molar-refractivity contribution is 5.84. The summed E-state index contributed by atoms with van der Waals surface area (Å²) in [6, 6.07) is -0.562. The molecule has 0 aromatic carbocycles. The van der Waals surface area contributed by atoms with Crippen molar-refractivity contribution in [1.29, 1.82) is 0 Å². The number of amides is 1. The van der Waals surface area contributed by atoms with E-state index in [2.05, 4.69) is 4.90 Å². The Balaban J connectivity index is 1.59. The molecule has 3 aliphatic rings. The van der Waals surface area contributed by atoms with Gasteiger partial charge in [-0.15, -0.1) is 0 Å². The summed E-state index contributed by atoms with van der Waals surface area (Å²) in [5.41, 5.74) is 0. The van der Waals surface area contributed by atoms with Crippen molar-refractivity contribution in [1.82, 2.24) is 9.80 Å². The quantitative estimate of drug-likeness (QED) is 0.840. The Bertz CT molecular complexity index is 393. The molecule has 0 bridgehead atoms. The minimum Gasteiger partial charge on any atom is -0.480 e. The second kappa shape index (κ2) is 5.72. The number of carboxylic acids is 1. The Morgan fingerprint density at radius 3 is 2.55 bits per heavy atom. The Labute approximate surface area is 119 Å². The fraction of sp³-hybridized carbons (Fsp3) is 0.867. The summed E-state index contributed by atoms with van der Waals surface area (Å²) in [4.78, 5) is 27.9. The number of carbonyl (C=O) groups is 2. The Hall–Kier alpha value is -1.10. The second-order valence-corrected chi connectivity index (χ2v) is 6.48. The lowest BCUT2D eigenvalue weighted by molar-refractivity contribution is -0.149. The molecule has 112 valence electrons. The maximum Gasteiger partial charge on any atom is 0.326 e. The van der Waals surface area contributed by atoms with E-state index in [1.165, 1.54) is 12.8 Å². The summed E-state index contributed by atoms with van der Waals surface area (Å²) in [5.74, 6) is -0.150. The normalized spacial score (nSPS) is 33.6. The number of fused-ring (bicyclic) bond motifs is 1. The minimum absolute atomic E-state index is 0.0405. The zero-order chi connectivity index (χ0) is 14.1. The number of rotatable bonds is 4. The lowest BCUT2D eigenvalue weighted by atomic mass is 9.94. The summed E-state index contributed by atoms with van der Waals surface area (Å²) >= 11 is 0. The van der Waals surface area contributed by atoms with Crippen LogP contribution >= 0.6 is 0 Å². The van der Waals surface area contributed by atoms with Crippen molar-refractivity contribution in [2.45, 2.75) is 44.6 Å². The molecule has 2 aliphatic heterocycles. The highest BCUT2D eigenvalue weighted by Crippen LogP contribution is 2.42. The lowest BCUT2D eigenvalue weighted by Crippen LogP contribution is -2.44. The molecule has 2 heterocycles. The summed E-state index contributed by atoms with van der Waals surface area (Å²) in [6.45, 7) is 3.62. The minimum atomic E-state index is -0.811. The summed E-state index contributed by atoms with van der Waals surface area (Å²) < 4.78 is 0. The van der Waals surface area contributed by atoms with Gasteiger partial charge in [-0.1, -0.05) is 6.42 Å². The monoisotopic (exact) mass is 280 g/mol. The number of likely N-dealkylation sites (tertiary alicyclic amines) is 2. The highest BCUT2D eigenvalue weighted by atomic mass is 16.4. The Morgan fingerprint density at radius 1 is 1.10 bits per heavy atom. The number of nitrogens with zero attached hydrogens (tertiary/aromatic N) is 2. The van der Waals surface area contributed by atoms with Crippen molar-refractivity contribution in [2.24, 2.45) is 11.8 Å². The molecule has 3 atom stereocenters. The first-order valence-corrected chi connectivity index (χ1v) is 7.91. The first-order chi connectivity index (χ1) is 9.66. The van der Waals surface area contributed by atoms with E-state index in [0.29, 0.717) is 18.9 Å². The van der Waals surface area contributed by atoms with Gasteiger partial charge >= 0.3 is 5.97 Å². The third-order valence-electron chi connectivity index (χ3n) is 5.30. The number of carbonyl (C=O) groups excluding carboxylic acids is 1. The van der Waals surface area contributed by atoms with Gasteiger partial charge in [-0.25, -0.2) is 4.79 Å². The molecule has 20 heavy (non-hydrogen) atoms. The van der Waals surface area contributed by atoms with E-state index in [-0.39, 0.29) is 11.8 Å². The molecule has 0 aromatic heterocycles. The van der Waals surface area contributed by atoms with Crippen molar-refractivity contribution in [3.8, 4) is 0 Å². The zero-order valence-electron chi connectivity index (χ0n) is 12.0. The number of aliphatic carboxylic acids is 1. The average molecular weight is 280 g/mol. The second-order valence-electron chi connectivity index (χ2n) is 6.48. The van der Waals surface area contributed by atoms with Crippen LogP contribution in [0.4, 0.5) is 0 Å². The van der Waals surface area contributed by atoms with Crippen LogP contribution in [0, 0.1) is 11.8 Å². The van der Waals surface area contributed by atoms with E-state index in [1.807, 2.05) is 0 Å². The molecule has 1 N–H and O–H groups in total. The van der Waals surface area contributed by atoms with Crippen LogP contribution < -0.4 is 0 Å². The van der Waals surface area contributed by atoms with Gasteiger partial charge in [-0.2, -0.15) is 0 Å². The van der Waals surface area contributed by atoms with Crippen LogP contribution in [0.15, 0.2) is 0 Å². The predicted molar refractivity (Wildman–Crippen MR) is 74.3 cm³/mol. The molecule has 1 aliphatic carbocycles.